The standard InChI is InChI=1S/C21H21FN4O2.ClH/c1-13-17(20(28)25-21(23)24)12-18(16-4-2-3-5-19(16)27)26(13)11-10-14-6-8-15(22)9-7-14;/h2-9,12,27H,10-11H2,1H3,(H4,23,24,25,28);1H. The molecule has 1 amide bonds. The lowest BCUT2D eigenvalue weighted by Crippen LogP contribution is -2.24. The van der Waals surface area contributed by atoms with Crippen LogP contribution in [0.2, 0.25) is 0 Å². The van der Waals surface area contributed by atoms with E-state index in [2.05, 4.69) is 4.99 Å². The van der Waals surface area contributed by atoms with Gasteiger partial charge in [0, 0.05) is 17.8 Å². The number of aromatic nitrogens is 1. The highest BCUT2D eigenvalue weighted by Crippen LogP contribution is 2.32. The quantitative estimate of drug-likeness (QED) is 0.437. The lowest BCUT2D eigenvalue weighted by atomic mass is 10.1. The topological polar surface area (TPSA) is 107 Å². The second-order valence-corrected chi connectivity index (χ2v) is 6.42. The zero-order chi connectivity index (χ0) is 20.3. The van der Waals surface area contributed by atoms with E-state index in [4.69, 9.17) is 11.5 Å². The molecule has 3 rings (SSSR count). The van der Waals surface area contributed by atoms with Crippen molar-refractivity contribution in [2.75, 3.05) is 0 Å². The number of aryl methyl sites for hydroxylation is 1. The summed E-state index contributed by atoms with van der Waals surface area (Å²) < 4.78 is 15.1. The summed E-state index contributed by atoms with van der Waals surface area (Å²) in [5.41, 5.74) is 13.9. The summed E-state index contributed by atoms with van der Waals surface area (Å²) in [5, 5.41) is 10.3. The van der Waals surface area contributed by atoms with E-state index in [-0.39, 0.29) is 29.9 Å². The van der Waals surface area contributed by atoms with Crippen LogP contribution in [0.3, 0.4) is 0 Å². The Morgan fingerprint density at radius 2 is 1.79 bits per heavy atom. The molecule has 6 nitrogen and oxygen atoms in total. The van der Waals surface area contributed by atoms with Gasteiger partial charge in [-0.15, -0.1) is 12.4 Å². The zero-order valence-electron chi connectivity index (χ0n) is 15.8. The van der Waals surface area contributed by atoms with Crippen LogP contribution in [0.25, 0.3) is 11.3 Å². The number of carbonyl (C=O) groups excluding carboxylic acids is 1. The monoisotopic (exact) mass is 416 g/mol. The number of benzene rings is 2. The van der Waals surface area contributed by atoms with Crippen LogP contribution in [-0.4, -0.2) is 21.5 Å². The number of nitrogens with two attached hydrogens (primary N) is 2. The largest absolute Gasteiger partial charge is 0.507 e. The van der Waals surface area contributed by atoms with Gasteiger partial charge in [0.2, 0.25) is 0 Å². The van der Waals surface area contributed by atoms with Crippen LogP contribution in [-0.2, 0) is 13.0 Å². The van der Waals surface area contributed by atoms with Crippen molar-refractivity contribution < 1.29 is 14.3 Å². The molecule has 0 fully saturated rings. The van der Waals surface area contributed by atoms with E-state index < -0.39 is 5.91 Å². The molecule has 0 spiro atoms. The molecule has 1 aromatic heterocycles. The molecule has 8 heteroatoms. The average Bonchev–Trinajstić information content (AvgIpc) is 2.97. The first-order valence-corrected chi connectivity index (χ1v) is 8.73. The van der Waals surface area contributed by atoms with Gasteiger partial charge in [0.1, 0.15) is 11.6 Å². The Hall–Kier alpha value is -3.32. The van der Waals surface area contributed by atoms with Crippen molar-refractivity contribution in [3.05, 3.63) is 77.2 Å². The smallest absolute Gasteiger partial charge is 0.282 e. The van der Waals surface area contributed by atoms with Gasteiger partial charge in [-0.05, 0) is 49.2 Å². The lowest BCUT2D eigenvalue weighted by molar-refractivity contribution is 0.100. The molecule has 0 aliphatic carbocycles. The Bertz CT molecular complexity index is 1040. The molecular weight excluding hydrogens is 395 g/mol. The third-order valence-corrected chi connectivity index (χ3v) is 4.54. The van der Waals surface area contributed by atoms with Gasteiger partial charge in [-0.25, -0.2) is 4.39 Å². The summed E-state index contributed by atoms with van der Waals surface area (Å²) in [6.07, 6.45) is 0.617. The lowest BCUT2D eigenvalue weighted by Gasteiger charge is -2.13. The number of aromatic hydroxyl groups is 1. The number of para-hydroxylation sites is 1. The van der Waals surface area contributed by atoms with Crippen molar-refractivity contribution in [3.63, 3.8) is 0 Å². The molecule has 0 radical (unpaired) electrons. The molecule has 152 valence electrons. The first-order valence-electron chi connectivity index (χ1n) is 8.73. The number of hydrogen-bond donors (Lipinski definition) is 3. The second kappa shape index (κ2) is 9.25. The van der Waals surface area contributed by atoms with E-state index >= 15 is 0 Å². The first kappa shape index (κ1) is 22.0. The van der Waals surface area contributed by atoms with Crippen molar-refractivity contribution >= 4 is 24.3 Å². The van der Waals surface area contributed by atoms with Crippen LogP contribution in [0.15, 0.2) is 59.6 Å². The summed E-state index contributed by atoms with van der Waals surface area (Å²) in [6.45, 7) is 2.32. The van der Waals surface area contributed by atoms with Gasteiger partial charge in [-0.1, -0.05) is 24.3 Å². The number of phenols is 1. The van der Waals surface area contributed by atoms with E-state index in [1.54, 1.807) is 49.4 Å². The summed E-state index contributed by atoms with van der Waals surface area (Å²) >= 11 is 0. The summed E-state index contributed by atoms with van der Waals surface area (Å²) in [5.74, 6) is -1.05. The minimum atomic E-state index is -0.547. The van der Waals surface area contributed by atoms with Crippen LogP contribution in [0.1, 0.15) is 21.6 Å². The van der Waals surface area contributed by atoms with Gasteiger partial charge in [0.15, 0.2) is 5.96 Å². The summed E-state index contributed by atoms with van der Waals surface area (Å²) in [7, 11) is 0. The Morgan fingerprint density at radius 1 is 1.14 bits per heavy atom. The van der Waals surface area contributed by atoms with Crippen molar-refractivity contribution in [3.8, 4) is 17.0 Å². The molecule has 0 unspecified atom stereocenters. The maximum Gasteiger partial charge on any atom is 0.282 e. The van der Waals surface area contributed by atoms with Crippen molar-refractivity contribution in [1.82, 2.24) is 4.57 Å². The molecule has 2 aromatic carbocycles. The third-order valence-electron chi connectivity index (χ3n) is 4.54. The van der Waals surface area contributed by atoms with Gasteiger partial charge in [-0.2, -0.15) is 4.99 Å². The van der Waals surface area contributed by atoms with Crippen LogP contribution in [0.4, 0.5) is 4.39 Å². The number of carbonyl (C=O) groups is 1. The van der Waals surface area contributed by atoms with Crippen LogP contribution in [0, 0.1) is 12.7 Å². The SMILES string of the molecule is Cc1c(C(=O)N=C(N)N)cc(-c2ccccc2O)n1CCc1ccc(F)cc1.Cl. The molecule has 3 aromatic rings. The van der Waals surface area contributed by atoms with Crippen LogP contribution < -0.4 is 11.5 Å². The number of guanidine groups is 1. The number of nitrogens with zero attached hydrogens (tertiary/aromatic N) is 2. The van der Waals surface area contributed by atoms with Crippen LogP contribution in [0.5, 0.6) is 5.75 Å². The molecule has 29 heavy (non-hydrogen) atoms. The van der Waals surface area contributed by atoms with E-state index in [1.807, 2.05) is 4.57 Å². The molecular formula is C21H22ClFN4O2. The Balaban J connectivity index is 0.00000300. The Kier molecular flexibility index (Phi) is 7.01. The minimum Gasteiger partial charge on any atom is -0.507 e. The molecule has 5 N–H and O–H groups in total. The van der Waals surface area contributed by atoms with Crippen molar-refractivity contribution in [1.29, 1.82) is 0 Å². The molecule has 0 saturated heterocycles. The number of halogens is 2. The van der Waals surface area contributed by atoms with E-state index in [0.717, 1.165) is 5.56 Å². The molecule has 0 aliphatic heterocycles. The fourth-order valence-corrected chi connectivity index (χ4v) is 3.13. The summed E-state index contributed by atoms with van der Waals surface area (Å²) in [4.78, 5) is 16.0. The van der Waals surface area contributed by atoms with Gasteiger partial charge in [0.05, 0.1) is 11.3 Å². The fourth-order valence-electron chi connectivity index (χ4n) is 3.13. The fraction of sp³-hybridized carbons (Fsp3) is 0.143. The number of rotatable bonds is 5. The number of hydrogen-bond acceptors (Lipinski definition) is 2. The van der Waals surface area contributed by atoms with Crippen LogP contribution >= 0.6 is 12.4 Å². The normalized spacial score (nSPS) is 10.3. The summed E-state index contributed by atoms with van der Waals surface area (Å²) in [6, 6.07) is 14.8. The maximum atomic E-state index is 13.1. The molecule has 0 atom stereocenters. The first-order chi connectivity index (χ1) is 13.4. The van der Waals surface area contributed by atoms with Gasteiger partial charge in [0.25, 0.3) is 5.91 Å². The average molecular weight is 417 g/mol. The molecule has 0 saturated carbocycles. The van der Waals surface area contributed by atoms with Crippen molar-refractivity contribution in [2.45, 2.75) is 19.9 Å². The van der Waals surface area contributed by atoms with E-state index in [1.165, 1.54) is 12.1 Å². The Labute approximate surface area is 174 Å². The van der Waals surface area contributed by atoms with E-state index in [9.17, 15) is 14.3 Å². The zero-order valence-corrected chi connectivity index (χ0v) is 16.6. The van der Waals surface area contributed by atoms with E-state index in [0.29, 0.717) is 35.5 Å². The number of amides is 1. The third kappa shape index (κ3) is 4.94. The highest BCUT2D eigenvalue weighted by Gasteiger charge is 2.20. The molecule has 0 bridgehead atoms. The minimum absolute atomic E-state index is 0. The highest BCUT2D eigenvalue weighted by atomic mass is 35.5. The molecule has 1 heterocycles. The second-order valence-electron chi connectivity index (χ2n) is 6.42. The van der Waals surface area contributed by atoms with Gasteiger partial charge in [-0.3, -0.25) is 4.79 Å². The van der Waals surface area contributed by atoms with Crippen molar-refractivity contribution in [2.24, 2.45) is 16.5 Å². The van der Waals surface area contributed by atoms with Gasteiger partial charge >= 0.3 is 0 Å². The predicted molar refractivity (Wildman–Crippen MR) is 114 cm³/mol. The van der Waals surface area contributed by atoms with Gasteiger partial charge < -0.3 is 21.1 Å². The predicted octanol–water partition coefficient (Wildman–Crippen LogP) is 3.39. The number of aliphatic imine (C=N–C) groups is 1. The Morgan fingerprint density at radius 3 is 2.41 bits per heavy atom. The highest BCUT2D eigenvalue weighted by molar-refractivity contribution is 6.03. The molecule has 0 aliphatic rings. The number of phenolic OH excluding ortho intramolecular Hbond substituents is 1. The maximum absolute atomic E-state index is 13.1.